The van der Waals surface area contributed by atoms with Gasteiger partial charge in [-0.2, -0.15) is 11.3 Å². The van der Waals surface area contributed by atoms with E-state index in [1.165, 1.54) is 24.8 Å². The molecule has 0 spiro atoms. The van der Waals surface area contributed by atoms with Gasteiger partial charge in [0.15, 0.2) is 0 Å². The Labute approximate surface area is 108 Å². The summed E-state index contributed by atoms with van der Waals surface area (Å²) in [5, 5.41) is 6.70. The SMILES string of the molecule is CC1CCCC(C)N1NC(CN)c1ccsc1. The lowest BCUT2D eigenvalue weighted by Gasteiger charge is -2.41. The minimum absolute atomic E-state index is 0.254. The van der Waals surface area contributed by atoms with E-state index < -0.39 is 0 Å². The van der Waals surface area contributed by atoms with Gasteiger partial charge < -0.3 is 5.73 Å². The quantitative estimate of drug-likeness (QED) is 0.866. The number of rotatable bonds is 4. The molecule has 1 fully saturated rings. The fourth-order valence-corrected chi connectivity index (χ4v) is 3.31. The molecule has 0 aromatic carbocycles. The molecule has 1 aliphatic heterocycles. The van der Waals surface area contributed by atoms with Gasteiger partial charge in [0, 0.05) is 18.6 Å². The van der Waals surface area contributed by atoms with E-state index in [1.807, 2.05) is 0 Å². The zero-order valence-corrected chi connectivity index (χ0v) is 11.5. The summed E-state index contributed by atoms with van der Waals surface area (Å²) in [4.78, 5) is 0. The third kappa shape index (κ3) is 3.07. The van der Waals surface area contributed by atoms with Gasteiger partial charge in [-0.15, -0.1) is 0 Å². The van der Waals surface area contributed by atoms with E-state index in [0.29, 0.717) is 18.6 Å². The Balaban J connectivity index is 2.02. The van der Waals surface area contributed by atoms with Gasteiger partial charge in [0.2, 0.25) is 0 Å². The molecule has 1 saturated heterocycles. The van der Waals surface area contributed by atoms with Gasteiger partial charge in [0.25, 0.3) is 0 Å². The molecule has 0 bridgehead atoms. The van der Waals surface area contributed by atoms with Crippen LogP contribution in [0.1, 0.15) is 44.7 Å². The maximum absolute atomic E-state index is 5.89. The molecule has 2 heterocycles. The predicted molar refractivity (Wildman–Crippen MR) is 73.9 cm³/mol. The second-order valence-corrected chi connectivity index (χ2v) is 5.79. The Bertz CT molecular complexity index is 315. The highest BCUT2D eigenvalue weighted by Gasteiger charge is 2.26. The lowest BCUT2D eigenvalue weighted by molar-refractivity contribution is 0.0305. The Morgan fingerprint density at radius 2 is 2.18 bits per heavy atom. The smallest absolute Gasteiger partial charge is 0.0595 e. The Hall–Kier alpha value is -0.420. The van der Waals surface area contributed by atoms with Crippen LogP contribution < -0.4 is 11.2 Å². The zero-order valence-electron chi connectivity index (χ0n) is 10.7. The molecule has 3 atom stereocenters. The van der Waals surface area contributed by atoms with Gasteiger partial charge in [-0.25, -0.2) is 10.4 Å². The van der Waals surface area contributed by atoms with Gasteiger partial charge in [-0.3, -0.25) is 0 Å². The number of hydrogen-bond donors (Lipinski definition) is 2. The number of nitrogens with one attached hydrogen (secondary N) is 1. The molecule has 3 N–H and O–H groups in total. The summed E-state index contributed by atoms with van der Waals surface area (Å²) in [6.45, 7) is 5.24. The first-order valence-corrected chi connectivity index (χ1v) is 7.43. The topological polar surface area (TPSA) is 41.3 Å². The van der Waals surface area contributed by atoms with Crippen molar-refractivity contribution in [1.29, 1.82) is 0 Å². The van der Waals surface area contributed by atoms with Crippen LogP contribution in [0.2, 0.25) is 0 Å². The summed E-state index contributed by atoms with van der Waals surface area (Å²) in [6, 6.07) is 3.62. The van der Waals surface area contributed by atoms with E-state index in [9.17, 15) is 0 Å². The lowest BCUT2D eigenvalue weighted by atomic mass is 9.99. The molecule has 17 heavy (non-hydrogen) atoms. The van der Waals surface area contributed by atoms with E-state index in [-0.39, 0.29) is 6.04 Å². The molecule has 0 aliphatic carbocycles. The molecule has 96 valence electrons. The predicted octanol–water partition coefficient (Wildman–Crippen LogP) is 2.52. The third-order valence-electron chi connectivity index (χ3n) is 3.68. The summed E-state index contributed by atoms with van der Waals surface area (Å²) in [7, 11) is 0. The zero-order chi connectivity index (χ0) is 12.3. The van der Waals surface area contributed by atoms with Crippen molar-refractivity contribution in [2.24, 2.45) is 5.73 Å². The average molecular weight is 253 g/mol. The van der Waals surface area contributed by atoms with Crippen LogP contribution in [0.15, 0.2) is 16.8 Å². The maximum Gasteiger partial charge on any atom is 0.0595 e. The fourth-order valence-electron chi connectivity index (χ4n) is 2.59. The van der Waals surface area contributed by atoms with Crippen LogP contribution in [0.5, 0.6) is 0 Å². The summed E-state index contributed by atoms with van der Waals surface area (Å²) < 4.78 is 0. The molecular formula is C13H23N3S. The Morgan fingerprint density at radius 1 is 1.47 bits per heavy atom. The monoisotopic (exact) mass is 253 g/mol. The number of nitrogens with two attached hydrogens (primary N) is 1. The second kappa shape index (κ2) is 5.96. The molecule has 1 aliphatic rings. The number of piperidine rings is 1. The number of thiophene rings is 1. The van der Waals surface area contributed by atoms with Crippen molar-refractivity contribution in [3.63, 3.8) is 0 Å². The van der Waals surface area contributed by atoms with Gasteiger partial charge in [0.05, 0.1) is 6.04 Å². The summed E-state index contributed by atoms with van der Waals surface area (Å²) >= 11 is 1.73. The van der Waals surface area contributed by atoms with Crippen molar-refractivity contribution < 1.29 is 0 Å². The number of hydrazine groups is 1. The van der Waals surface area contributed by atoms with Crippen LogP contribution >= 0.6 is 11.3 Å². The van der Waals surface area contributed by atoms with Gasteiger partial charge in [0.1, 0.15) is 0 Å². The van der Waals surface area contributed by atoms with E-state index >= 15 is 0 Å². The molecule has 0 saturated carbocycles. The second-order valence-electron chi connectivity index (χ2n) is 5.01. The van der Waals surface area contributed by atoms with Crippen LogP contribution in [0.3, 0.4) is 0 Å². The summed E-state index contributed by atoms with van der Waals surface area (Å²) in [6.07, 6.45) is 3.89. The Morgan fingerprint density at radius 3 is 2.71 bits per heavy atom. The molecular weight excluding hydrogens is 230 g/mol. The van der Waals surface area contributed by atoms with Crippen molar-refractivity contribution in [2.45, 2.75) is 51.2 Å². The van der Waals surface area contributed by atoms with Gasteiger partial charge >= 0.3 is 0 Å². The minimum atomic E-state index is 0.254. The molecule has 0 radical (unpaired) electrons. The van der Waals surface area contributed by atoms with Crippen molar-refractivity contribution in [3.8, 4) is 0 Å². The maximum atomic E-state index is 5.89. The Kier molecular flexibility index (Phi) is 4.56. The van der Waals surface area contributed by atoms with Crippen LogP contribution in [-0.4, -0.2) is 23.6 Å². The average Bonchev–Trinajstić information content (AvgIpc) is 2.82. The summed E-state index contributed by atoms with van der Waals surface area (Å²) in [5.74, 6) is 0. The van der Waals surface area contributed by atoms with Crippen molar-refractivity contribution in [1.82, 2.24) is 10.4 Å². The van der Waals surface area contributed by atoms with E-state index in [0.717, 1.165) is 0 Å². The van der Waals surface area contributed by atoms with Crippen molar-refractivity contribution in [3.05, 3.63) is 22.4 Å². The first-order valence-electron chi connectivity index (χ1n) is 6.49. The van der Waals surface area contributed by atoms with Gasteiger partial charge in [-0.1, -0.05) is 6.42 Å². The molecule has 2 rings (SSSR count). The lowest BCUT2D eigenvalue weighted by Crippen LogP contribution is -2.54. The first kappa shape index (κ1) is 13.0. The van der Waals surface area contributed by atoms with Crippen LogP contribution in [0.4, 0.5) is 0 Å². The highest BCUT2D eigenvalue weighted by molar-refractivity contribution is 7.07. The van der Waals surface area contributed by atoms with E-state index in [4.69, 9.17) is 5.73 Å². The molecule has 3 nitrogen and oxygen atoms in total. The summed E-state index contributed by atoms with van der Waals surface area (Å²) in [5.41, 5.74) is 10.8. The van der Waals surface area contributed by atoms with E-state index in [2.05, 4.69) is 41.1 Å². The number of nitrogens with zero attached hydrogens (tertiary/aromatic N) is 1. The molecule has 1 aromatic heterocycles. The molecule has 0 amide bonds. The molecule has 3 unspecified atom stereocenters. The number of hydrogen-bond acceptors (Lipinski definition) is 4. The minimum Gasteiger partial charge on any atom is -0.329 e. The van der Waals surface area contributed by atoms with Crippen molar-refractivity contribution in [2.75, 3.05) is 6.54 Å². The highest BCUT2D eigenvalue weighted by Crippen LogP contribution is 2.23. The van der Waals surface area contributed by atoms with Gasteiger partial charge in [-0.05, 0) is 49.1 Å². The largest absolute Gasteiger partial charge is 0.329 e. The van der Waals surface area contributed by atoms with Crippen molar-refractivity contribution >= 4 is 11.3 Å². The molecule has 1 aromatic rings. The van der Waals surface area contributed by atoms with Crippen LogP contribution in [0.25, 0.3) is 0 Å². The highest BCUT2D eigenvalue weighted by atomic mass is 32.1. The van der Waals surface area contributed by atoms with Crippen LogP contribution in [-0.2, 0) is 0 Å². The standard InChI is InChI=1S/C13H23N3S/c1-10-4-3-5-11(2)16(10)15-13(8-14)12-6-7-17-9-12/h6-7,9-11,13,15H,3-5,8,14H2,1-2H3. The normalized spacial score (nSPS) is 28.2. The molecule has 4 heteroatoms. The first-order chi connectivity index (χ1) is 8.22. The fraction of sp³-hybridized carbons (Fsp3) is 0.692. The van der Waals surface area contributed by atoms with E-state index in [1.54, 1.807) is 11.3 Å². The third-order valence-corrected chi connectivity index (χ3v) is 4.38. The van der Waals surface area contributed by atoms with Crippen LogP contribution in [0, 0.1) is 0 Å².